The quantitative estimate of drug-likeness (QED) is 0.803. The van der Waals surface area contributed by atoms with Crippen LogP contribution in [0.4, 0.5) is 0 Å². The van der Waals surface area contributed by atoms with Gasteiger partial charge in [-0.3, -0.25) is 0 Å². The smallest absolute Gasteiger partial charge is 0.196 e. The summed E-state index contributed by atoms with van der Waals surface area (Å²) in [6.45, 7) is 6.59. The number of fused-ring (bicyclic) bond motifs is 2. The van der Waals surface area contributed by atoms with Crippen LogP contribution in [0, 0.1) is 0 Å². The van der Waals surface area contributed by atoms with Crippen molar-refractivity contribution in [3.05, 3.63) is 68.5 Å². The van der Waals surface area contributed by atoms with Crippen molar-refractivity contribution in [1.82, 2.24) is 4.90 Å². The standard InChI is InChI=1S/C18H18BrN3S/c1-11-18(10-12-6-4-5-7-13(12)18)17(2,21-16(20)22(11)3)14-8-9-15(19)23-14/h4-9H,1,10H2,2-3H3,(H2,20,21). The molecule has 23 heavy (non-hydrogen) atoms. The molecule has 2 atom stereocenters. The summed E-state index contributed by atoms with van der Waals surface area (Å²) in [5, 5.41) is 0. The van der Waals surface area contributed by atoms with Crippen LogP contribution in [-0.2, 0) is 17.4 Å². The minimum Gasteiger partial charge on any atom is -0.370 e. The normalized spacial score (nSPS) is 29.3. The largest absolute Gasteiger partial charge is 0.370 e. The van der Waals surface area contributed by atoms with E-state index in [1.165, 1.54) is 16.0 Å². The monoisotopic (exact) mass is 387 g/mol. The molecule has 1 aliphatic heterocycles. The van der Waals surface area contributed by atoms with Gasteiger partial charge in [0.05, 0.1) is 9.20 Å². The van der Waals surface area contributed by atoms with Gasteiger partial charge in [-0.1, -0.05) is 30.8 Å². The summed E-state index contributed by atoms with van der Waals surface area (Å²) in [5.41, 5.74) is 9.26. The summed E-state index contributed by atoms with van der Waals surface area (Å²) in [4.78, 5) is 8.09. The minimum atomic E-state index is -0.439. The van der Waals surface area contributed by atoms with E-state index in [1.807, 2.05) is 11.9 Å². The molecule has 2 unspecified atom stereocenters. The molecule has 0 saturated heterocycles. The molecule has 1 aliphatic carbocycles. The van der Waals surface area contributed by atoms with Gasteiger partial charge in [-0.25, -0.2) is 4.99 Å². The van der Waals surface area contributed by atoms with Gasteiger partial charge in [0, 0.05) is 17.6 Å². The third-order valence-electron chi connectivity index (χ3n) is 5.40. The lowest BCUT2D eigenvalue weighted by atomic mass is 9.52. The number of aliphatic imine (C=N–C) groups is 1. The van der Waals surface area contributed by atoms with E-state index < -0.39 is 5.54 Å². The second-order valence-electron chi connectivity index (χ2n) is 6.39. The first-order valence-electron chi connectivity index (χ1n) is 7.53. The average molecular weight is 388 g/mol. The van der Waals surface area contributed by atoms with Crippen molar-refractivity contribution in [2.75, 3.05) is 7.05 Å². The van der Waals surface area contributed by atoms with Crippen LogP contribution >= 0.6 is 27.3 Å². The van der Waals surface area contributed by atoms with E-state index in [1.54, 1.807) is 11.3 Å². The van der Waals surface area contributed by atoms with Crippen LogP contribution in [0.3, 0.4) is 0 Å². The number of hydrogen-bond acceptors (Lipinski definition) is 4. The molecule has 4 rings (SSSR count). The number of rotatable bonds is 1. The van der Waals surface area contributed by atoms with Crippen LogP contribution in [0.25, 0.3) is 0 Å². The number of nitrogens with zero attached hydrogens (tertiary/aromatic N) is 2. The van der Waals surface area contributed by atoms with E-state index in [2.05, 4.69) is 65.8 Å². The first-order chi connectivity index (χ1) is 10.9. The number of halogens is 1. The summed E-state index contributed by atoms with van der Waals surface area (Å²) >= 11 is 5.30. The van der Waals surface area contributed by atoms with Gasteiger partial charge in [-0.05, 0) is 52.5 Å². The van der Waals surface area contributed by atoms with Crippen LogP contribution in [0.1, 0.15) is 22.9 Å². The number of likely N-dealkylation sites (N-methyl/N-ethyl adjacent to an activating group) is 1. The van der Waals surface area contributed by atoms with E-state index in [0.29, 0.717) is 5.96 Å². The fourth-order valence-corrected chi connectivity index (χ4v) is 5.56. The number of hydrogen-bond donors (Lipinski definition) is 1. The Morgan fingerprint density at radius 2 is 2.04 bits per heavy atom. The lowest BCUT2D eigenvalue weighted by molar-refractivity contribution is 0.200. The molecule has 0 amide bonds. The maximum Gasteiger partial charge on any atom is 0.196 e. The Morgan fingerprint density at radius 1 is 1.30 bits per heavy atom. The maximum absolute atomic E-state index is 6.22. The molecule has 3 nitrogen and oxygen atoms in total. The van der Waals surface area contributed by atoms with Crippen LogP contribution in [-0.4, -0.2) is 17.9 Å². The number of guanidine groups is 1. The van der Waals surface area contributed by atoms with E-state index >= 15 is 0 Å². The van der Waals surface area contributed by atoms with E-state index in [0.717, 1.165) is 15.9 Å². The highest BCUT2D eigenvalue weighted by Gasteiger charge is 2.61. The Bertz CT molecular complexity index is 855. The molecule has 0 bridgehead atoms. The molecule has 1 aromatic carbocycles. The molecule has 0 radical (unpaired) electrons. The van der Waals surface area contributed by atoms with Gasteiger partial charge in [0.15, 0.2) is 5.96 Å². The molecular formula is C18H18BrN3S. The average Bonchev–Trinajstić information content (AvgIpc) is 2.93. The van der Waals surface area contributed by atoms with Crippen LogP contribution in [0.2, 0.25) is 0 Å². The van der Waals surface area contributed by atoms with E-state index in [4.69, 9.17) is 10.7 Å². The van der Waals surface area contributed by atoms with Crippen molar-refractivity contribution in [3.63, 3.8) is 0 Å². The Kier molecular flexibility index (Phi) is 3.06. The van der Waals surface area contributed by atoms with Gasteiger partial charge >= 0.3 is 0 Å². The molecule has 118 valence electrons. The van der Waals surface area contributed by atoms with Gasteiger partial charge < -0.3 is 10.6 Å². The number of benzene rings is 1. The topological polar surface area (TPSA) is 41.6 Å². The Hall–Kier alpha value is -1.59. The molecule has 1 aromatic heterocycles. The van der Waals surface area contributed by atoms with Crippen LogP contribution in [0.15, 0.2) is 57.5 Å². The van der Waals surface area contributed by atoms with Gasteiger partial charge in [0.2, 0.25) is 0 Å². The fraction of sp³-hybridized carbons (Fsp3) is 0.278. The molecule has 5 heteroatoms. The van der Waals surface area contributed by atoms with Crippen molar-refractivity contribution >= 4 is 33.2 Å². The number of nitrogens with two attached hydrogens (primary N) is 1. The Labute approximate surface area is 148 Å². The van der Waals surface area contributed by atoms with Gasteiger partial charge in [-0.15, -0.1) is 11.3 Å². The van der Waals surface area contributed by atoms with Crippen molar-refractivity contribution in [2.45, 2.75) is 24.3 Å². The van der Waals surface area contributed by atoms with Crippen molar-refractivity contribution < 1.29 is 0 Å². The summed E-state index contributed by atoms with van der Waals surface area (Å²) in [6.07, 6.45) is 0.940. The molecule has 2 aromatic rings. The minimum absolute atomic E-state index is 0.231. The SMILES string of the molecule is C=C1N(C)C(N)=NC(C)(c2ccc(Br)s2)C12Cc1ccccc12. The Morgan fingerprint density at radius 3 is 2.70 bits per heavy atom. The van der Waals surface area contributed by atoms with Gasteiger partial charge in [0.1, 0.15) is 5.54 Å². The predicted octanol–water partition coefficient (Wildman–Crippen LogP) is 3.99. The highest BCUT2D eigenvalue weighted by molar-refractivity contribution is 9.11. The second-order valence-corrected chi connectivity index (χ2v) is 8.85. The molecule has 0 saturated carbocycles. The molecule has 2 N–H and O–H groups in total. The maximum atomic E-state index is 6.22. The first kappa shape index (κ1) is 15.0. The van der Waals surface area contributed by atoms with Crippen LogP contribution < -0.4 is 5.73 Å². The summed E-state index contributed by atoms with van der Waals surface area (Å²) in [7, 11) is 1.95. The zero-order chi connectivity index (χ0) is 16.4. The lowest BCUT2D eigenvalue weighted by Gasteiger charge is -2.58. The summed E-state index contributed by atoms with van der Waals surface area (Å²) in [5.74, 6) is 0.525. The summed E-state index contributed by atoms with van der Waals surface area (Å²) < 4.78 is 1.11. The highest BCUT2D eigenvalue weighted by Crippen LogP contribution is 2.61. The predicted molar refractivity (Wildman–Crippen MR) is 99.7 cm³/mol. The fourth-order valence-electron chi connectivity index (χ4n) is 4.00. The lowest BCUT2D eigenvalue weighted by Crippen LogP contribution is -2.62. The first-order valence-corrected chi connectivity index (χ1v) is 9.14. The van der Waals surface area contributed by atoms with Crippen molar-refractivity contribution in [1.29, 1.82) is 0 Å². The zero-order valence-corrected chi connectivity index (χ0v) is 15.5. The molecular weight excluding hydrogens is 370 g/mol. The third kappa shape index (κ3) is 1.72. The molecule has 2 heterocycles. The molecule has 2 aliphatic rings. The van der Waals surface area contributed by atoms with E-state index in [9.17, 15) is 0 Å². The van der Waals surface area contributed by atoms with E-state index in [-0.39, 0.29) is 5.41 Å². The third-order valence-corrected chi connectivity index (χ3v) is 7.23. The zero-order valence-electron chi connectivity index (χ0n) is 13.1. The molecule has 1 spiro atoms. The van der Waals surface area contributed by atoms with Gasteiger partial charge in [0.25, 0.3) is 0 Å². The van der Waals surface area contributed by atoms with Gasteiger partial charge in [-0.2, -0.15) is 0 Å². The van der Waals surface area contributed by atoms with Crippen molar-refractivity contribution in [3.8, 4) is 0 Å². The Balaban J connectivity index is 2.01. The second kappa shape index (κ2) is 4.71. The number of thiophene rings is 1. The van der Waals surface area contributed by atoms with Crippen molar-refractivity contribution in [2.24, 2.45) is 10.7 Å². The molecule has 0 fully saturated rings. The highest BCUT2D eigenvalue weighted by atomic mass is 79.9. The van der Waals surface area contributed by atoms with Crippen LogP contribution in [0.5, 0.6) is 0 Å². The summed E-state index contributed by atoms with van der Waals surface area (Å²) in [6, 6.07) is 12.8.